The lowest BCUT2D eigenvalue weighted by atomic mass is 9.79. The number of nitrogens with one attached hydrogen (secondary N) is 2. The van der Waals surface area contributed by atoms with Crippen LogP contribution < -0.4 is 15.5 Å². The van der Waals surface area contributed by atoms with Crippen LogP contribution in [0.25, 0.3) is 10.9 Å². The number of hydrogen-bond donors (Lipinski definition) is 2. The van der Waals surface area contributed by atoms with E-state index in [9.17, 15) is 9.18 Å². The summed E-state index contributed by atoms with van der Waals surface area (Å²) in [5.74, 6) is 0.122. The first-order valence-electron chi connectivity index (χ1n) is 15.3. The van der Waals surface area contributed by atoms with E-state index in [0.717, 1.165) is 80.9 Å². The van der Waals surface area contributed by atoms with Gasteiger partial charge in [0.2, 0.25) is 5.91 Å². The largest absolute Gasteiger partial charge is 0.369 e. The Morgan fingerprint density at radius 3 is 2.67 bits per heavy atom. The van der Waals surface area contributed by atoms with E-state index in [2.05, 4.69) is 48.4 Å². The Kier molecular flexibility index (Phi) is 8.79. The van der Waals surface area contributed by atoms with E-state index in [1.54, 1.807) is 6.07 Å². The number of fused-ring (bicyclic) bond motifs is 1. The number of nitrogens with zero attached hydrogens (tertiary/aromatic N) is 5. The van der Waals surface area contributed by atoms with Crippen LogP contribution in [0.4, 0.5) is 27.3 Å². The van der Waals surface area contributed by atoms with Crippen LogP contribution in [0.2, 0.25) is 5.02 Å². The van der Waals surface area contributed by atoms with E-state index in [0.29, 0.717) is 17.9 Å². The van der Waals surface area contributed by atoms with Gasteiger partial charge in [-0.15, -0.1) is 0 Å². The van der Waals surface area contributed by atoms with Crippen LogP contribution in [0.3, 0.4) is 0 Å². The molecule has 2 aromatic carbocycles. The molecule has 3 aliphatic heterocycles. The van der Waals surface area contributed by atoms with Gasteiger partial charge < -0.3 is 25.3 Å². The minimum Gasteiger partial charge on any atom is -0.369 e. The Bertz CT molecular complexity index is 1430. The standard InChI is InChI=1S/C32H41ClFN7O/c1-39-16-11-32(20-39)10-6-15-41(21-32)29-19-27-24(31(36-22-35-27)37-23-8-9-26(34)25(33)17-23)18-28(29)38-30(42)7-5-14-40-12-3-2-4-13-40/h8-9,17-19,22H,2-7,10-16,20-21H2,1H3,(H,38,42)(H,35,36,37). The van der Waals surface area contributed by atoms with Gasteiger partial charge in [-0.2, -0.15) is 0 Å². The third-order valence-electron chi connectivity index (χ3n) is 9.17. The molecule has 0 bridgehead atoms. The van der Waals surface area contributed by atoms with Gasteiger partial charge in [-0.05, 0) is 102 Å². The zero-order valence-corrected chi connectivity index (χ0v) is 25.2. The molecule has 6 rings (SSSR count). The maximum Gasteiger partial charge on any atom is 0.224 e. The summed E-state index contributed by atoms with van der Waals surface area (Å²) in [5, 5.41) is 7.35. The van der Waals surface area contributed by atoms with Gasteiger partial charge in [0.25, 0.3) is 0 Å². The molecule has 0 aliphatic carbocycles. The van der Waals surface area contributed by atoms with Crippen molar-refractivity contribution >= 4 is 51.3 Å². The number of halogens is 2. The van der Waals surface area contributed by atoms with Crippen LogP contribution in [0.15, 0.2) is 36.7 Å². The summed E-state index contributed by atoms with van der Waals surface area (Å²) in [7, 11) is 2.21. The molecule has 8 nitrogen and oxygen atoms in total. The SMILES string of the molecule is CN1CCC2(CCCN(c3cc4ncnc(Nc5ccc(F)c(Cl)c5)c4cc3NC(=O)CCCN3CCCCC3)C2)C1. The van der Waals surface area contributed by atoms with Crippen LogP contribution in [0.5, 0.6) is 0 Å². The Morgan fingerprint density at radius 1 is 1.02 bits per heavy atom. The monoisotopic (exact) mass is 593 g/mol. The number of carbonyl (C=O) groups is 1. The lowest BCUT2D eigenvalue weighted by Gasteiger charge is -2.42. The van der Waals surface area contributed by atoms with Crippen LogP contribution >= 0.6 is 11.6 Å². The maximum atomic E-state index is 13.8. The molecule has 10 heteroatoms. The van der Waals surface area contributed by atoms with Crippen LogP contribution in [0.1, 0.15) is 51.4 Å². The molecule has 0 radical (unpaired) electrons. The highest BCUT2D eigenvalue weighted by atomic mass is 35.5. The van der Waals surface area contributed by atoms with Gasteiger partial charge in [0.1, 0.15) is 18.0 Å². The normalized spacial score (nSPS) is 21.7. The molecule has 3 saturated heterocycles. The highest BCUT2D eigenvalue weighted by Gasteiger charge is 2.40. The van der Waals surface area contributed by atoms with E-state index in [4.69, 9.17) is 11.6 Å². The molecule has 1 amide bonds. The minimum atomic E-state index is -0.475. The molecule has 3 aromatic rings. The number of aromatic nitrogens is 2. The zero-order valence-electron chi connectivity index (χ0n) is 24.5. The molecule has 0 saturated carbocycles. The van der Waals surface area contributed by atoms with E-state index in [-0.39, 0.29) is 16.3 Å². The predicted octanol–water partition coefficient (Wildman–Crippen LogP) is 6.29. The van der Waals surface area contributed by atoms with Crippen molar-refractivity contribution in [3.8, 4) is 0 Å². The molecule has 224 valence electrons. The molecule has 1 atom stereocenters. The topological polar surface area (TPSA) is 76.6 Å². The lowest BCUT2D eigenvalue weighted by molar-refractivity contribution is -0.116. The molecule has 1 unspecified atom stereocenters. The van der Waals surface area contributed by atoms with Gasteiger partial charge >= 0.3 is 0 Å². The fourth-order valence-electron chi connectivity index (χ4n) is 7.03. The fourth-order valence-corrected chi connectivity index (χ4v) is 7.21. The first kappa shape index (κ1) is 29.1. The number of benzene rings is 2. The molecule has 3 fully saturated rings. The van der Waals surface area contributed by atoms with Gasteiger partial charge in [0.15, 0.2) is 0 Å². The van der Waals surface area contributed by atoms with Crippen molar-refractivity contribution in [3.63, 3.8) is 0 Å². The molecule has 3 aliphatic rings. The van der Waals surface area contributed by atoms with Crippen molar-refractivity contribution < 1.29 is 9.18 Å². The first-order chi connectivity index (χ1) is 20.4. The van der Waals surface area contributed by atoms with Gasteiger partial charge in [0, 0.05) is 42.5 Å². The summed E-state index contributed by atoms with van der Waals surface area (Å²) >= 11 is 6.03. The molecule has 2 N–H and O–H groups in total. The third kappa shape index (κ3) is 6.63. The fraction of sp³-hybridized carbons (Fsp3) is 0.531. The number of anilines is 4. The molecular weight excluding hydrogens is 553 g/mol. The smallest absolute Gasteiger partial charge is 0.224 e. The van der Waals surface area contributed by atoms with Crippen molar-refractivity contribution in [3.05, 3.63) is 47.5 Å². The molecule has 42 heavy (non-hydrogen) atoms. The first-order valence-corrected chi connectivity index (χ1v) is 15.7. The molecule has 4 heterocycles. The number of hydrogen-bond acceptors (Lipinski definition) is 7. The van der Waals surface area contributed by atoms with E-state index >= 15 is 0 Å². The van der Waals surface area contributed by atoms with Gasteiger partial charge in [-0.25, -0.2) is 14.4 Å². The third-order valence-corrected chi connectivity index (χ3v) is 9.46. The Morgan fingerprint density at radius 2 is 1.88 bits per heavy atom. The summed E-state index contributed by atoms with van der Waals surface area (Å²) in [6.07, 6.45) is 10.2. The van der Waals surface area contributed by atoms with Gasteiger partial charge in [0.05, 0.1) is 21.9 Å². The summed E-state index contributed by atoms with van der Waals surface area (Å²) in [6.45, 7) is 7.37. The van der Waals surface area contributed by atoms with Crippen LogP contribution in [-0.4, -0.2) is 78.5 Å². The van der Waals surface area contributed by atoms with E-state index in [1.165, 1.54) is 50.6 Å². The van der Waals surface area contributed by atoms with Gasteiger partial charge in [-0.1, -0.05) is 18.0 Å². The second kappa shape index (κ2) is 12.7. The van der Waals surface area contributed by atoms with Crippen LogP contribution in [0, 0.1) is 11.2 Å². The predicted molar refractivity (Wildman–Crippen MR) is 168 cm³/mol. The highest BCUT2D eigenvalue weighted by Crippen LogP contribution is 2.42. The number of rotatable bonds is 8. The second-order valence-electron chi connectivity index (χ2n) is 12.4. The minimum absolute atomic E-state index is 0.0246. The van der Waals surface area contributed by atoms with Crippen molar-refractivity contribution in [2.75, 3.05) is 68.4 Å². The Hall–Kier alpha value is -3.01. The second-order valence-corrected chi connectivity index (χ2v) is 12.8. The van der Waals surface area contributed by atoms with Crippen LogP contribution in [-0.2, 0) is 4.79 Å². The number of piperidine rings is 2. The van der Waals surface area contributed by atoms with Crippen molar-refractivity contribution in [2.45, 2.75) is 51.4 Å². The molecule has 1 spiro atoms. The number of likely N-dealkylation sites (tertiary alicyclic amines) is 2. The lowest BCUT2D eigenvalue weighted by Crippen LogP contribution is -2.45. The van der Waals surface area contributed by atoms with Crippen molar-refractivity contribution in [2.24, 2.45) is 5.41 Å². The number of carbonyl (C=O) groups excluding carboxylic acids is 1. The summed E-state index contributed by atoms with van der Waals surface area (Å²) in [6, 6.07) is 8.56. The highest BCUT2D eigenvalue weighted by molar-refractivity contribution is 6.31. The van der Waals surface area contributed by atoms with Gasteiger partial charge in [-0.3, -0.25) is 4.79 Å². The maximum absolute atomic E-state index is 13.8. The average Bonchev–Trinajstić information content (AvgIpc) is 3.34. The van der Waals surface area contributed by atoms with Crippen molar-refractivity contribution in [1.82, 2.24) is 19.8 Å². The van der Waals surface area contributed by atoms with Crippen molar-refractivity contribution in [1.29, 1.82) is 0 Å². The van der Waals surface area contributed by atoms with E-state index < -0.39 is 5.82 Å². The molecule has 1 aromatic heterocycles. The Balaban J connectivity index is 1.28. The molecular formula is C32H41ClFN7O. The number of amides is 1. The summed E-state index contributed by atoms with van der Waals surface area (Å²) in [4.78, 5) is 29.8. The summed E-state index contributed by atoms with van der Waals surface area (Å²) in [5.41, 5.74) is 3.47. The zero-order chi connectivity index (χ0) is 29.1. The quantitative estimate of drug-likeness (QED) is 0.318. The Labute approximate surface area is 252 Å². The van der Waals surface area contributed by atoms with E-state index in [1.807, 2.05) is 6.07 Å². The average molecular weight is 594 g/mol. The summed E-state index contributed by atoms with van der Waals surface area (Å²) < 4.78 is 13.8.